The van der Waals surface area contributed by atoms with Crippen LogP contribution in [-0.2, 0) is 0 Å². The van der Waals surface area contributed by atoms with Gasteiger partial charge in [0.25, 0.3) is 5.88 Å². The van der Waals surface area contributed by atoms with Crippen LogP contribution in [0.15, 0.2) is 5.38 Å². The highest BCUT2D eigenvalue weighted by Gasteiger charge is 2.22. The maximum atomic E-state index is 4.74. The van der Waals surface area contributed by atoms with Gasteiger partial charge in [-0.05, 0) is 11.5 Å². The summed E-state index contributed by atoms with van der Waals surface area (Å²) in [6.07, 6.45) is 0. The van der Waals surface area contributed by atoms with Gasteiger partial charge in [-0.25, -0.2) is 0 Å². The van der Waals surface area contributed by atoms with Crippen molar-refractivity contribution < 1.29 is 4.74 Å². The van der Waals surface area contributed by atoms with Crippen LogP contribution in [0, 0.1) is 0 Å². The number of rotatable bonds is 0. The van der Waals surface area contributed by atoms with E-state index in [-0.39, 0.29) is 0 Å². The predicted octanol–water partition coefficient (Wildman–Crippen LogP) is 1.25. The molecule has 0 spiro atoms. The van der Waals surface area contributed by atoms with Crippen molar-refractivity contribution in [2.24, 2.45) is 0 Å². The molecule has 1 aromatic rings. The lowest BCUT2D eigenvalue weighted by Gasteiger charge is -1.60. The minimum atomic E-state index is 0.819. The standard InChI is InChI=1S/C3HNOS/c1-2-3(5-2)4-6-1/h1H. The Morgan fingerprint density at radius 1 is 1.83 bits per heavy atom. The van der Waals surface area contributed by atoms with Crippen molar-refractivity contribution in [3.63, 3.8) is 0 Å². The van der Waals surface area contributed by atoms with E-state index in [9.17, 15) is 0 Å². The van der Waals surface area contributed by atoms with Crippen LogP contribution in [0.3, 0.4) is 0 Å². The molecule has 0 saturated heterocycles. The van der Waals surface area contributed by atoms with Crippen LogP contribution in [0.1, 0.15) is 0 Å². The molecule has 0 unspecified atom stereocenters. The van der Waals surface area contributed by atoms with Crippen LogP contribution in [0.5, 0.6) is 11.6 Å². The zero-order valence-electron chi connectivity index (χ0n) is 2.84. The van der Waals surface area contributed by atoms with Crippen molar-refractivity contribution in [2.75, 3.05) is 0 Å². The summed E-state index contributed by atoms with van der Waals surface area (Å²) in [5.41, 5.74) is 0. The molecule has 0 amide bonds. The molecule has 0 atom stereocenters. The second-order valence-electron chi connectivity index (χ2n) is 1.09. The topological polar surface area (TPSA) is 25.4 Å². The molecule has 2 heterocycles. The number of ether oxygens (including phenoxy) is 1. The Morgan fingerprint density at radius 3 is 3.00 bits per heavy atom. The van der Waals surface area contributed by atoms with Crippen LogP contribution in [-0.4, -0.2) is 4.37 Å². The van der Waals surface area contributed by atoms with Gasteiger partial charge in [-0.1, -0.05) is 0 Å². The normalized spacial score (nSPS) is 12.7. The highest BCUT2D eigenvalue weighted by atomic mass is 32.1. The maximum absolute atomic E-state index is 4.74. The molecule has 0 N–H and O–H groups in total. The van der Waals surface area contributed by atoms with Crippen molar-refractivity contribution in [1.82, 2.24) is 4.37 Å². The minimum Gasteiger partial charge on any atom is -0.429 e. The number of aromatic nitrogens is 1. The zero-order chi connectivity index (χ0) is 3.98. The maximum Gasteiger partial charge on any atom is 0.275 e. The van der Waals surface area contributed by atoms with E-state index in [0.29, 0.717) is 0 Å². The van der Waals surface area contributed by atoms with Gasteiger partial charge >= 0.3 is 0 Å². The Bertz CT molecular complexity index is 155. The lowest BCUT2D eigenvalue weighted by Crippen LogP contribution is -1.48. The van der Waals surface area contributed by atoms with Crippen LogP contribution >= 0.6 is 11.5 Å². The smallest absolute Gasteiger partial charge is 0.275 e. The van der Waals surface area contributed by atoms with Crippen molar-refractivity contribution >= 4 is 11.5 Å². The molecule has 2 rings (SSSR count). The summed E-state index contributed by atoms with van der Waals surface area (Å²) in [6.45, 7) is 0. The van der Waals surface area contributed by atoms with Gasteiger partial charge in [0.15, 0.2) is 0 Å². The lowest BCUT2D eigenvalue weighted by atomic mass is 10.8. The van der Waals surface area contributed by atoms with E-state index in [1.807, 2.05) is 5.38 Å². The van der Waals surface area contributed by atoms with Gasteiger partial charge in [0, 0.05) is 0 Å². The molecule has 0 aromatic carbocycles. The molecule has 3 heteroatoms. The van der Waals surface area contributed by atoms with Crippen LogP contribution in [0.25, 0.3) is 0 Å². The van der Waals surface area contributed by atoms with Crippen LogP contribution < -0.4 is 4.74 Å². The van der Waals surface area contributed by atoms with Gasteiger partial charge in [0.05, 0.1) is 5.38 Å². The van der Waals surface area contributed by atoms with Crippen molar-refractivity contribution in [2.45, 2.75) is 0 Å². The van der Waals surface area contributed by atoms with E-state index in [1.165, 1.54) is 11.5 Å². The summed E-state index contributed by atoms with van der Waals surface area (Å²) < 4.78 is 8.57. The van der Waals surface area contributed by atoms with Crippen LogP contribution in [0.4, 0.5) is 0 Å². The minimum absolute atomic E-state index is 0.819. The highest BCUT2D eigenvalue weighted by molar-refractivity contribution is 7.04. The third-order valence-corrected chi connectivity index (χ3v) is 1.26. The van der Waals surface area contributed by atoms with E-state index in [2.05, 4.69) is 4.37 Å². The molecular formula is C3HNOS. The average Bonchev–Trinajstić information content (AvgIpc) is 2.17. The van der Waals surface area contributed by atoms with Gasteiger partial charge in [-0.2, -0.15) is 4.37 Å². The lowest BCUT2D eigenvalue weighted by molar-refractivity contribution is 0.635. The third-order valence-electron chi connectivity index (χ3n) is 0.671. The molecule has 1 aliphatic rings. The van der Waals surface area contributed by atoms with E-state index >= 15 is 0 Å². The van der Waals surface area contributed by atoms with Gasteiger partial charge in [0.2, 0.25) is 5.75 Å². The van der Waals surface area contributed by atoms with Crippen LogP contribution in [0.2, 0.25) is 0 Å². The first-order valence-electron chi connectivity index (χ1n) is 1.59. The zero-order valence-corrected chi connectivity index (χ0v) is 3.66. The first-order chi connectivity index (χ1) is 2.97. The highest BCUT2D eigenvalue weighted by Crippen LogP contribution is 2.44. The number of fused-ring (bicyclic) bond motifs is 1. The van der Waals surface area contributed by atoms with E-state index in [0.717, 1.165) is 11.6 Å². The van der Waals surface area contributed by atoms with Gasteiger partial charge < -0.3 is 4.74 Å². The third kappa shape index (κ3) is 0.155. The van der Waals surface area contributed by atoms with E-state index in [4.69, 9.17) is 4.74 Å². The van der Waals surface area contributed by atoms with E-state index < -0.39 is 0 Å². The fourth-order valence-corrected chi connectivity index (χ4v) is 0.859. The molecule has 0 bridgehead atoms. The van der Waals surface area contributed by atoms with Gasteiger partial charge in [0.1, 0.15) is 0 Å². The molecule has 0 fully saturated rings. The Balaban J connectivity index is 2.88. The molecule has 0 radical (unpaired) electrons. The molecule has 0 saturated carbocycles. The Labute approximate surface area is 38.5 Å². The van der Waals surface area contributed by atoms with Gasteiger partial charge in [-0.3, -0.25) is 0 Å². The number of nitrogens with zero attached hydrogens (tertiary/aromatic N) is 1. The Morgan fingerprint density at radius 2 is 2.83 bits per heavy atom. The monoisotopic (exact) mass is 99.0 g/mol. The SMILES string of the molecule is c1snc2c1O2. The second kappa shape index (κ2) is 0.586. The Kier molecular flexibility index (Phi) is 0.252. The van der Waals surface area contributed by atoms with Crippen molar-refractivity contribution in [3.05, 3.63) is 5.38 Å². The summed E-state index contributed by atoms with van der Waals surface area (Å²) in [5, 5.41) is 1.88. The average molecular weight is 99.1 g/mol. The Hall–Kier alpha value is -0.570. The molecule has 0 aliphatic carbocycles. The fraction of sp³-hybridized carbons (Fsp3) is 0. The number of hydrogen-bond acceptors (Lipinski definition) is 3. The van der Waals surface area contributed by atoms with Crippen molar-refractivity contribution in [1.29, 1.82) is 0 Å². The van der Waals surface area contributed by atoms with Crippen molar-refractivity contribution in [3.8, 4) is 11.6 Å². The largest absolute Gasteiger partial charge is 0.429 e. The molecular weight excluding hydrogens is 98.1 g/mol. The summed E-state index contributed by atoms with van der Waals surface area (Å²) in [5.74, 6) is 1.78. The predicted molar refractivity (Wildman–Crippen MR) is 22.2 cm³/mol. The second-order valence-corrected chi connectivity index (χ2v) is 1.72. The van der Waals surface area contributed by atoms with E-state index in [1.54, 1.807) is 0 Å². The molecule has 30 valence electrons. The molecule has 1 aliphatic heterocycles. The summed E-state index contributed by atoms with van der Waals surface area (Å²) in [7, 11) is 0. The quantitative estimate of drug-likeness (QED) is 0.464. The summed E-state index contributed by atoms with van der Waals surface area (Å²) in [4.78, 5) is 0. The molecule has 2 nitrogen and oxygen atoms in total. The summed E-state index contributed by atoms with van der Waals surface area (Å²) in [6, 6.07) is 0. The first kappa shape index (κ1) is 2.58. The van der Waals surface area contributed by atoms with Gasteiger partial charge in [-0.15, -0.1) is 0 Å². The first-order valence-corrected chi connectivity index (χ1v) is 2.43. The molecule has 1 aromatic heterocycles. The molecule has 6 heavy (non-hydrogen) atoms. The number of hydrogen-bond donors (Lipinski definition) is 0. The summed E-state index contributed by atoms with van der Waals surface area (Å²) >= 11 is 1.43. The fourth-order valence-electron chi connectivity index (χ4n) is 0.339.